The Bertz CT molecular complexity index is 144. The Hall–Kier alpha value is 0.0900. The molecule has 0 aliphatic carbocycles. The lowest BCUT2D eigenvalue weighted by Gasteiger charge is -2.18. The van der Waals surface area contributed by atoms with E-state index in [4.69, 9.17) is 30.7 Å². The Morgan fingerprint density at radius 3 is 1.86 bits per heavy atom. The van der Waals surface area contributed by atoms with Gasteiger partial charge in [-0.15, -0.1) is 0 Å². The molecular formula is C8H16ClNO4. The van der Waals surface area contributed by atoms with E-state index in [0.29, 0.717) is 13.1 Å². The van der Waals surface area contributed by atoms with Crippen LogP contribution in [0.25, 0.3) is 0 Å². The predicted molar refractivity (Wildman–Crippen MR) is 50.9 cm³/mol. The summed E-state index contributed by atoms with van der Waals surface area (Å²) in [5, 5.41) is 0. The average molecular weight is 226 g/mol. The van der Waals surface area contributed by atoms with Gasteiger partial charge in [-0.1, -0.05) is 0 Å². The van der Waals surface area contributed by atoms with Crippen LogP contribution < -0.4 is 0 Å². The van der Waals surface area contributed by atoms with Gasteiger partial charge in [-0.05, 0) is 11.8 Å². The van der Waals surface area contributed by atoms with Crippen molar-refractivity contribution < 1.29 is 18.9 Å². The second-order valence-electron chi connectivity index (χ2n) is 3.05. The molecule has 2 atom stereocenters. The molecule has 1 rings (SSSR count). The molecule has 0 bridgehead atoms. The molecule has 1 heterocycles. The zero-order valence-electron chi connectivity index (χ0n) is 8.44. The van der Waals surface area contributed by atoms with E-state index in [2.05, 4.69) is 0 Å². The van der Waals surface area contributed by atoms with Crippen LogP contribution >= 0.6 is 11.8 Å². The summed E-state index contributed by atoms with van der Waals surface area (Å²) < 4.78 is 22.1. The number of nitrogens with zero attached hydrogens (tertiary/aromatic N) is 1. The molecule has 14 heavy (non-hydrogen) atoms. The monoisotopic (exact) mass is 225 g/mol. The second-order valence-corrected chi connectivity index (χ2v) is 3.53. The minimum atomic E-state index is -0.0531. The molecule has 1 aliphatic rings. The average Bonchev–Trinajstić information content (AvgIpc) is 2.52. The first-order valence-electron chi connectivity index (χ1n) is 4.39. The van der Waals surface area contributed by atoms with Crippen molar-refractivity contribution in [3.8, 4) is 0 Å². The van der Waals surface area contributed by atoms with Crippen molar-refractivity contribution in [1.82, 2.24) is 4.42 Å². The zero-order chi connectivity index (χ0) is 10.4. The van der Waals surface area contributed by atoms with Gasteiger partial charge in [-0.25, -0.2) is 4.42 Å². The van der Waals surface area contributed by atoms with Gasteiger partial charge in [0.2, 0.25) is 0 Å². The topological polar surface area (TPSA) is 40.2 Å². The number of ether oxygens (including phenoxy) is 4. The van der Waals surface area contributed by atoms with E-state index in [-0.39, 0.29) is 25.8 Å². The highest BCUT2D eigenvalue weighted by Crippen LogP contribution is 2.18. The third kappa shape index (κ3) is 3.68. The maximum atomic E-state index is 5.85. The molecule has 1 aliphatic heterocycles. The van der Waals surface area contributed by atoms with Gasteiger partial charge >= 0.3 is 0 Å². The normalized spacial score (nSPS) is 28.5. The van der Waals surface area contributed by atoms with Crippen LogP contribution in [0, 0.1) is 0 Å². The molecule has 0 aromatic carbocycles. The standard InChI is InChI=1S/C8H16ClNO4/c1-11-5-13-7-3-10(9)4-8(7)14-6-12-2/h7-8H,3-6H2,1-2H3/t7-,8-/m0/s1. The first kappa shape index (κ1) is 12.2. The van der Waals surface area contributed by atoms with Crippen LogP contribution in [-0.4, -0.2) is 57.5 Å². The summed E-state index contributed by atoms with van der Waals surface area (Å²) >= 11 is 5.85. The molecule has 84 valence electrons. The number of methoxy groups -OCH3 is 2. The molecule has 1 saturated heterocycles. The number of halogens is 1. The van der Waals surface area contributed by atoms with Crippen LogP contribution in [0.15, 0.2) is 0 Å². The van der Waals surface area contributed by atoms with Crippen molar-refractivity contribution in [3.63, 3.8) is 0 Å². The molecule has 0 spiro atoms. The highest BCUT2D eigenvalue weighted by molar-refractivity contribution is 6.13. The molecular weight excluding hydrogens is 210 g/mol. The molecule has 5 nitrogen and oxygen atoms in total. The van der Waals surface area contributed by atoms with E-state index in [1.54, 1.807) is 18.6 Å². The summed E-state index contributed by atoms with van der Waals surface area (Å²) in [5.74, 6) is 0. The maximum absolute atomic E-state index is 5.85. The molecule has 0 N–H and O–H groups in total. The Morgan fingerprint density at radius 2 is 1.50 bits per heavy atom. The van der Waals surface area contributed by atoms with Crippen molar-refractivity contribution in [1.29, 1.82) is 0 Å². The molecule has 0 aromatic heterocycles. The lowest BCUT2D eigenvalue weighted by atomic mass is 10.2. The number of rotatable bonds is 6. The summed E-state index contributed by atoms with van der Waals surface area (Å²) in [6.45, 7) is 1.78. The highest BCUT2D eigenvalue weighted by atomic mass is 35.5. The fourth-order valence-corrected chi connectivity index (χ4v) is 1.60. The molecule has 1 fully saturated rings. The molecule has 0 amide bonds. The summed E-state index contributed by atoms with van der Waals surface area (Å²) in [6.07, 6.45) is -0.106. The predicted octanol–water partition coefficient (Wildman–Crippen LogP) is 0.434. The van der Waals surface area contributed by atoms with Crippen LogP contribution in [0.2, 0.25) is 0 Å². The Balaban J connectivity index is 2.29. The van der Waals surface area contributed by atoms with Crippen molar-refractivity contribution in [2.45, 2.75) is 12.2 Å². The largest absolute Gasteiger partial charge is 0.359 e. The van der Waals surface area contributed by atoms with Gasteiger partial charge in [-0.3, -0.25) is 0 Å². The Morgan fingerprint density at radius 1 is 1.07 bits per heavy atom. The van der Waals surface area contributed by atoms with Gasteiger partial charge in [0.1, 0.15) is 25.8 Å². The number of hydrogen-bond donors (Lipinski definition) is 0. The van der Waals surface area contributed by atoms with E-state index in [1.807, 2.05) is 0 Å². The van der Waals surface area contributed by atoms with Gasteiger partial charge in [0.25, 0.3) is 0 Å². The van der Waals surface area contributed by atoms with Crippen LogP contribution in [0.1, 0.15) is 0 Å². The van der Waals surface area contributed by atoms with Crippen molar-refractivity contribution in [2.24, 2.45) is 0 Å². The van der Waals surface area contributed by atoms with E-state index >= 15 is 0 Å². The molecule has 0 radical (unpaired) electrons. The molecule has 0 saturated carbocycles. The van der Waals surface area contributed by atoms with Crippen LogP contribution in [-0.2, 0) is 18.9 Å². The summed E-state index contributed by atoms with van der Waals surface area (Å²) in [4.78, 5) is 0. The van der Waals surface area contributed by atoms with Crippen molar-refractivity contribution in [2.75, 3.05) is 40.9 Å². The van der Waals surface area contributed by atoms with Gasteiger partial charge in [0.15, 0.2) is 0 Å². The van der Waals surface area contributed by atoms with Crippen LogP contribution in [0.3, 0.4) is 0 Å². The van der Waals surface area contributed by atoms with Crippen LogP contribution in [0.4, 0.5) is 0 Å². The third-order valence-electron chi connectivity index (χ3n) is 1.97. The summed E-state index contributed by atoms with van der Waals surface area (Å²) in [5.41, 5.74) is 0. The fourth-order valence-electron chi connectivity index (χ4n) is 1.33. The second kappa shape index (κ2) is 6.55. The quantitative estimate of drug-likeness (QED) is 0.485. The highest BCUT2D eigenvalue weighted by Gasteiger charge is 2.33. The lowest BCUT2D eigenvalue weighted by Crippen LogP contribution is -2.31. The Labute approximate surface area is 88.9 Å². The molecule has 0 unspecified atom stereocenters. The van der Waals surface area contributed by atoms with Crippen molar-refractivity contribution in [3.05, 3.63) is 0 Å². The Kier molecular flexibility index (Phi) is 5.69. The fraction of sp³-hybridized carbons (Fsp3) is 1.00. The van der Waals surface area contributed by atoms with Crippen molar-refractivity contribution >= 4 is 11.8 Å². The first-order chi connectivity index (χ1) is 6.77. The van der Waals surface area contributed by atoms with Crippen LogP contribution in [0.5, 0.6) is 0 Å². The summed E-state index contributed by atoms with van der Waals surface area (Å²) in [7, 11) is 3.16. The summed E-state index contributed by atoms with van der Waals surface area (Å²) in [6, 6.07) is 0. The van der Waals surface area contributed by atoms with Gasteiger partial charge in [0, 0.05) is 27.3 Å². The van der Waals surface area contributed by atoms with Gasteiger partial charge < -0.3 is 18.9 Å². The zero-order valence-corrected chi connectivity index (χ0v) is 9.20. The molecule has 0 aromatic rings. The minimum Gasteiger partial charge on any atom is -0.359 e. The molecule has 6 heteroatoms. The first-order valence-corrected chi connectivity index (χ1v) is 4.73. The maximum Gasteiger partial charge on any atom is 0.146 e. The third-order valence-corrected chi connectivity index (χ3v) is 2.25. The minimum absolute atomic E-state index is 0.0531. The van der Waals surface area contributed by atoms with E-state index in [0.717, 1.165) is 0 Å². The van der Waals surface area contributed by atoms with Gasteiger partial charge in [0.05, 0.1) is 0 Å². The van der Waals surface area contributed by atoms with E-state index in [9.17, 15) is 0 Å². The number of hydrogen-bond acceptors (Lipinski definition) is 5. The lowest BCUT2D eigenvalue weighted by molar-refractivity contribution is -0.139. The van der Waals surface area contributed by atoms with Gasteiger partial charge in [-0.2, -0.15) is 0 Å². The smallest absolute Gasteiger partial charge is 0.146 e. The SMILES string of the molecule is COCO[C@H]1CN(Cl)C[C@@H]1OCOC. The van der Waals surface area contributed by atoms with E-state index < -0.39 is 0 Å². The van der Waals surface area contributed by atoms with E-state index in [1.165, 1.54) is 0 Å².